The molecule has 0 spiro atoms. The van der Waals surface area contributed by atoms with E-state index in [9.17, 15) is 0 Å². The highest BCUT2D eigenvalue weighted by atomic mass is 35.5. The van der Waals surface area contributed by atoms with E-state index in [1.165, 1.54) is 24.1 Å². The lowest BCUT2D eigenvalue weighted by Gasteiger charge is -2.29. The lowest BCUT2D eigenvalue weighted by atomic mass is 10.0. The fourth-order valence-corrected chi connectivity index (χ4v) is 2.79. The van der Waals surface area contributed by atoms with Crippen molar-refractivity contribution in [2.75, 3.05) is 11.4 Å². The van der Waals surface area contributed by atoms with Gasteiger partial charge in [0, 0.05) is 29.3 Å². The Bertz CT molecular complexity index is 441. The van der Waals surface area contributed by atoms with E-state index in [0.29, 0.717) is 12.0 Å². The minimum atomic E-state index is 0.232. The smallest absolute Gasteiger partial charge is 0.0426 e. The predicted octanol–water partition coefficient (Wildman–Crippen LogP) is 4.24. The number of hydrogen-bond acceptors (Lipinski definition) is 2. The lowest BCUT2D eigenvalue weighted by Crippen LogP contribution is -2.31. The van der Waals surface area contributed by atoms with Crippen LogP contribution in [0.5, 0.6) is 0 Å². The molecule has 2 rings (SSSR count). The highest BCUT2D eigenvalue weighted by molar-refractivity contribution is 6.30. The van der Waals surface area contributed by atoms with Crippen molar-refractivity contribution in [1.29, 1.82) is 0 Å². The molecular weight excluding hydrogens is 268 g/mol. The molecule has 0 aliphatic heterocycles. The fraction of sp³-hybridized carbons (Fsp3) is 0.647. The zero-order chi connectivity index (χ0) is 14.7. The molecule has 1 fully saturated rings. The van der Waals surface area contributed by atoms with Crippen LogP contribution in [0.2, 0.25) is 5.02 Å². The Morgan fingerprint density at radius 2 is 2.05 bits per heavy atom. The summed E-state index contributed by atoms with van der Waals surface area (Å²) in [4.78, 5) is 2.55. The molecule has 1 aliphatic rings. The van der Waals surface area contributed by atoms with Gasteiger partial charge in [-0.25, -0.2) is 0 Å². The number of benzene rings is 1. The van der Waals surface area contributed by atoms with E-state index < -0.39 is 0 Å². The van der Waals surface area contributed by atoms with Gasteiger partial charge in [-0.3, -0.25) is 0 Å². The zero-order valence-electron chi connectivity index (χ0n) is 12.9. The number of anilines is 1. The number of nitrogens with two attached hydrogens (primary N) is 1. The van der Waals surface area contributed by atoms with Gasteiger partial charge in [0.05, 0.1) is 0 Å². The van der Waals surface area contributed by atoms with Gasteiger partial charge in [-0.15, -0.1) is 0 Å². The molecule has 20 heavy (non-hydrogen) atoms. The van der Waals surface area contributed by atoms with Crippen molar-refractivity contribution in [3.63, 3.8) is 0 Å². The first-order valence-electron chi connectivity index (χ1n) is 7.81. The summed E-state index contributed by atoms with van der Waals surface area (Å²) < 4.78 is 0. The van der Waals surface area contributed by atoms with Gasteiger partial charge in [-0.1, -0.05) is 38.4 Å². The van der Waals surface area contributed by atoms with Gasteiger partial charge in [-0.05, 0) is 49.3 Å². The van der Waals surface area contributed by atoms with Crippen molar-refractivity contribution < 1.29 is 0 Å². The van der Waals surface area contributed by atoms with Crippen LogP contribution < -0.4 is 10.6 Å². The molecule has 0 heterocycles. The maximum atomic E-state index is 6.24. The van der Waals surface area contributed by atoms with Gasteiger partial charge in [0.25, 0.3) is 0 Å². The average molecular weight is 295 g/mol. The summed E-state index contributed by atoms with van der Waals surface area (Å²) >= 11 is 6.24. The molecule has 0 saturated heterocycles. The predicted molar refractivity (Wildman–Crippen MR) is 88.6 cm³/mol. The number of rotatable bonds is 7. The first kappa shape index (κ1) is 15.7. The van der Waals surface area contributed by atoms with Gasteiger partial charge in [0.1, 0.15) is 0 Å². The summed E-state index contributed by atoms with van der Waals surface area (Å²) in [5, 5.41) is 0.822. The van der Waals surface area contributed by atoms with Crippen molar-refractivity contribution in [1.82, 2.24) is 0 Å². The molecule has 2 nitrogen and oxygen atoms in total. The number of hydrogen-bond donors (Lipinski definition) is 1. The first-order valence-corrected chi connectivity index (χ1v) is 8.19. The Balaban J connectivity index is 2.28. The highest BCUT2D eigenvalue weighted by Gasteiger charge is 2.31. The Morgan fingerprint density at radius 3 is 2.60 bits per heavy atom. The van der Waals surface area contributed by atoms with Crippen LogP contribution in [0, 0.1) is 5.92 Å². The lowest BCUT2D eigenvalue weighted by molar-refractivity contribution is 0.600. The van der Waals surface area contributed by atoms with E-state index in [1.807, 2.05) is 6.07 Å². The Labute approximate surface area is 128 Å². The molecule has 1 unspecified atom stereocenters. The maximum Gasteiger partial charge on any atom is 0.0426 e. The SMILES string of the molecule is CCC(N)Cc1ccc(Cl)cc1N(CC(C)C)C1CC1. The molecule has 1 atom stereocenters. The molecule has 0 amide bonds. The molecule has 1 aromatic carbocycles. The summed E-state index contributed by atoms with van der Waals surface area (Å²) in [6, 6.07) is 7.20. The quantitative estimate of drug-likeness (QED) is 0.815. The molecule has 1 aromatic rings. The molecular formula is C17H27ClN2. The zero-order valence-corrected chi connectivity index (χ0v) is 13.7. The van der Waals surface area contributed by atoms with E-state index in [1.54, 1.807) is 0 Å². The molecule has 0 radical (unpaired) electrons. The second kappa shape index (κ2) is 6.82. The van der Waals surface area contributed by atoms with Crippen molar-refractivity contribution in [2.24, 2.45) is 11.7 Å². The van der Waals surface area contributed by atoms with E-state index in [4.69, 9.17) is 17.3 Å². The monoisotopic (exact) mass is 294 g/mol. The van der Waals surface area contributed by atoms with Crippen LogP contribution in [0.4, 0.5) is 5.69 Å². The maximum absolute atomic E-state index is 6.24. The van der Waals surface area contributed by atoms with E-state index in [-0.39, 0.29) is 6.04 Å². The molecule has 2 N–H and O–H groups in total. The number of halogens is 1. The van der Waals surface area contributed by atoms with Gasteiger partial charge in [0.15, 0.2) is 0 Å². The third-order valence-electron chi connectivity index (χ3n) is 3.91. The van der Waals surface area contributed by atoms with E-state index >= 15 is 0 Å². The van der Waals surface area contributed by atoms with Crippen LogP contribution in [0.25, 0.3) is 0 Å². The Hall–Kier alpha value is -0.730. The summed E-state index contributed by atoms with van der Waals surface area (Å²) in [6.45, 7) is 7.79. The van der Waals surface area contributed by atoms with E-state index in [0.717, 1.165) is 24.4 Å². The van der Waals surface area contributed by atoms with Crippen LogP contribution >= 0.6 is 11.6 Å². The molecule has 1 aliphatic carbocycles. The fourth-order valence-electron chi connectivity index (χ4n) is 2.63. The topological polar surface area (TPSA) is 29.3 Å². The van der Waals surface area contributed by atoms with Gasteiger partial charge in [-0.2, -0.15) is 0 Å². The summed E-state index contributed by atoms with van der Waals surface area (Å²) in [6.07, 6.45) is 4.55. The van der Waals surface area contributed by atoms with Crippen LogP contribution in [0.3, 0.4) is 0 Å². The van der Waals surface area contributed by atoms with Gasteiger partial charge < -0.3 is 10.6 Å². The molecule has 0 bridgehead atoms. The minimum Gasteiger partial charge on any atom is -0.368 e. The second-order valence-corrected chi connectivity index (χ2v) is 6.86. The first-order chi connectivity index (χ1) is 9.51. The van der Waals surface area contributed by atoms with Crippen molar-refractivity contribution in [3.05, 3.63) is 28.8 Å². The number of nitrogens with zero attached hydrogens (tertiary/aromatic N) is 1. The van der Waals surface area contributed by atoms with Crippen LogP contribution in [-0.4, -0.2) is 18.6 Å². The van der Waals surface area contributed by atoms with Crippen molar-refractivity contribution >= 4 is 17.3 Å². The molecule has 3 heteroatoms. The molecule has 112 valence electrons. The van der Waals surface area contributed by atoms with Crippen molar-refractivity contribution in [2.45, 2.75) is 58.5 Å². The van der Waals surface area contributed by atoms with Gasteiger partial charge in [0.2, 0.25) is 0 Å². The normalized spacial score (nSPS) is 16.5. The average Bonchev–Trinajstić information content (AvgIpc) is 3.22. The Kier molecular flexibility index (Phi) is 5.34. The molecule has 0 aromatic heterocycles. The standard InChI is InChI=1S/C17H27ClN2/c1-4-15(19)9-13-5-6-14(18)10-17(13)20(11-12(2)3)16-7-8-16/h5-6,10,12,15-16H,4,7-9,11,19H2,1-3H3. The minimum absolute atomic E-state index is 0.232. The largest absolute Gasteiger partial charge is 0.368 e. The van der Waals surface area contributed by atoms with Crippen LogP contribution in [0.15, 0.2) is 18.2 Å². The van der Waals surface area contributed by atoms with Crippen molar-refractivity contribution in [3.8, 4) is 0 Å². The Morgan fingerprint density at radius 1 is 1.35 bits per heavy atom. The summed E-state index contributed by atoms with van der Waals surface area (Å²) in [5.74, 6) is 0.655. The third kappa shape index (κ3) is 4.13. The van der Waals surface area contributed by atoms with Crippen LogP contribution in [0.1, 0.15) is 45.6 Å². The van der Waals surface area contributed by atoms with E-state index in [2.05, 4.69) is 37.8 Å². The van der Waals surface area contributed by atoms with Crippen LogP contribution in [-0.2, 0) is 6.42 Å². The molecule has 1 saturated carbocycles. The highest BCUT2D eigenvalue weighted by Crippen LogP contribution is 2.36. The summed E-state index contributed by atoms with van der Waals surface area (Å²) in [7, 11) is 0. The third-order valence-corrected chi connectivity index (χ3v) is 4.15. The van der Waals surface area contributed by atoms with Gasteiger partial charge >= 0.3 is 0 Å². The summed E-state index contributed by atoms with van der Waals surface area (Å²) in [5.41, 5.74) is 8.80. The second-order valence-electron chi connectivity index (χ2n) is 6.42.